The van der Waals surface area contributed by atoms with E-state index in [2.05, 4.69) is 6.58 Å². The van der Waals surface area contributed by atoms with Gasteiger partial charge in [0.15, 0.2) is 9.84 Å². The molecule has 0 unspecified atom stereocenters. The minimum atomic E-state index is -3.50. The van der Waals surface area contributed by atoms with Crippen molar-refractivity contribution in [3.63, 3.8) is 0 Å². The van der Waals surface area contributed by atoms with Crippen LogP contribution < -0.4 is 5.73 Å². The van der Waals surface area contributed by atoms with Crippen molar-refractivity contribution in [2.75, 3.05) is 5.75 Å². The normalized spacial score (nSPS) is 10.9. The molecule has 0 spiro atoms. The molecular weight excluding hydrogens is 214 g/mol. The molecule has 1 rings (SSSR count). The van der Waals surface area contributed by atoms with Crippen LogP contribution in [-0.2, 0) is 9.84 Å². The Morgan fingerprint density at radius 2 is 2.00 bits per heavy atom. The minimum Gasteiger partial charge on any atom is -0.366 e. The molecule has 0 atom stereocenters. The Hall–Kier alpha value is -1.62. The van der Waals surface area contributed by atoms with Gasteiger partial charge in [-0.2, -0.15) is 0 Å². The number of primary amides is 1. The number of carbonyl (C=O) groups excluding carboxylic acids is 1. The van der Waals surface area contributed by atoms with E-state index < -0.39 is 15.7 Å². The van der Waals surface area contributed by atoms with Gasteiger partial charge in [0.1, 0.15) is 0 Å². The smallest absolute Gasteiger partial charge is 0.250 e. The third-order valence-corrected chi connectivity index (χ3v) is 3.53. The van der Waals surface area contributed by atoms with Gasteiger partial charge in [-0.3, -0.25) is 4.79 Å². The van der Waals surface area contributed by atoms with E-state index in [9.17, 15) is 13.2 Å². The Kier molecular flexibility index (Phi) is 3.26. The van der Waals surface area contributed by atoms with E-state index in [1.165, 1.54) is 18.2 Å². The van der Waals surface area contributed by atoms with Gasteiger partial charge in [-0.25, -0.2) is 8.42 Å². The van der Waals surface area contributed by atoms with Crippen LogP contribution in [0.2, 0.25) is 0 Å². The van der Waals surface area contributed by atoms with Crippen molar-refractivity contribution in [3.05, 3.63) is 42.5 Å². The average molecular weight is 225 g/mol. The molecule has 80 valence electrons. The Labute approximate surface area is 88.3 Å². The predicted molar refractivity (Wildman–Crippen MR) is 57.2 cm³/mol. The van der Waals surface area contributed by atoms with Crippen LogP contribution in [-0.4, -0.2) is 20.1 Å². The predicted octanol–water partition coefficient (Wildman–Crippen LogP) is 0.745. The van der Waals surface area contributed by atoms with Gasteiger partial charge in [-0.1, -0.05) is 18.2 Å². The number of carbonyl (C=O) groups is 1. The van der Waals surface area contributed by atoms with E-state index in [0.29, 0.717) is 0 Å². The van der Waals surface area contributed by atoms with Gasteiger partial charge in [0.25, 0.3) is 0 Å². The third kappa shape index (κ3) is 2.44. The van der Waals surface area contributed by atoms with Crippen molar-refractivity contribution in [2.24, 2.45) is 5.73 Å². The molecule has 15 heavy (non-hydrogen) atoms. The second-order valence-corrected chi connectivity index (χ2v) is 4.93. The van der Waals surface area contributed by atoms with Gasteiger partial charge in [-0.15, -0.1) is 6.58 Å². The van der Waals surface area contributed by atoms with Crippen molar-refractivity contribution in [1.82, 2.24) is 0 Å². The topological polar surface area (TPSA) is 77.2 Å². The Morgan fingerprint density at radius 3 is 2.53 bits per heavy atom. The number of amides is 1. The Morgan fingerprint density at radius 1 is 1.40 bits per heavy atom. The summed E-state index contributed by atoms with van der Waals surface area (Å²) in [6, 6.07) is 5.85. The van der Waals surface area contributed by atoms with Crippen LogP contribution in [0.15, 0.2) is 41.8 Å². The maximum atomic E-state index is 11.7. The standard InChI is InChI=1S/C10H11NO3S/c1-2-7-15(13,14)9-6-4-3-5-8(9)10(11)12/h2-6H,1,7H2,(H2,11,12). The third-order valence-electron chi connectivity index (χ3n) is 1.82. The van der Waals surface area contributed by atoms with Crippen molar-refractivity contribution in [1.29, 1.82) is 0 Å². The van der Waals surface area contributed by atoms with E-state index in [0.717, 1.165) is 0 Å². The zero-order valence-corrected chi connectivity index (χ0v) is 8.83. The van der Waals surface area contributed by atoms with Gasteiger partial charge < -0.3 is 5.73 Å². The highest BCUT2D eigenvalue weighted by atomic mass is 32.2. The van der Waals surface area contributed by atoms with E-state index in [-0.39, 0.29) is 16.2 Å². The fourth-order valence-electron chi connectivity index (χ4n) is 1.19. The van der Waals surface area contributed by atoms with Crippen LogP contribution in [0.3, 0.4) is 0 Å². The number of rotatable bonds is 4. The maximum absolute atomic E-state index is 11.7. The van der Waals surface area contributed by atoms with Crippen molar-refractivity contribution in [3.8, 4) is 0 Å². The quantitative estimate of drug-likeness (QED) is 0.768. The lowest BCUT2D eigenvalue weighted by Gasteiger charge is -2.05. The Balaban J connectivity index is 3.37. The summed E-state index contributed by atoms with van der Waals surface area (Å²) in [6.45, 7) is 3.35. The molecule has 4 nitrogen and oxygen atoms in total. The summed E-state index contributed by atoms with van der Waals surface area (Å²) < 4.78 is 23.4. The molecule has 0 saturated heterocycles. The molecule has 0 aliphatic carbocycles. The average Bonchev–Trinajstić information content (AvgIpc) is 2.17. The zero-order valence-electron chi connectivity index (χ0n) is 8.01. The Bertz CT molecular complexity index is 491. The van der Waals surface area contributed by atoms with Crippen molar-refractivity contribution >= 4 is 15.7 Å². The molecule has 0 fully saturated rings. The lowest BCUT2D eigenvalue weighted by Crippen LogP contribution is -2.17. The van der Waals surface area contributed by atoms with Crippen molar-refractivity contribution in [2.45, 2.75) is 4.90 Å². The van der Waals surface area contributed by atoms with Crippen LogP contribution in [0, 0.1) is 0 Å². The highest BCUT2D eigenvalue weighted by molar-refractivity contribution is 7.91. The molecule has 1 aromatic rings. The molecule has 2 N–H and O–H groups in total. The van der Waals surface area contributed by atoms with E-state index in [1.807, 2.05) is 0 Å². The first-order valence-electron chi connectivity index (χ1n) is 4.21. The summed E-state index contributed by atoms with van der Waals surface area (Å²) in [7, 11) is -3.50. The first-order valence-corrected chi connectivity index (χ1v) is 5.87. The molecule has 5 heteroatoms. The summed E-state index contributed by atoms with van der Waals surface area (Å²) in [4.78, 5) is 11.0. The lowest BCUT2D eigenvalue weighted by atomic mass is 10.2. The summed E-state index contributed by atoms with van der Waals surface area (Å²) in [5.74, 6) is -0.963. The molecule has 0 heterocycles. The van der Waals surface area contributed by atoms with E-state index in [4.69, 9.17) is 5.73 Å². The first kappa shape index (κ1) is 11.5. The van der Waals surface area contributed by atoms with Gasteiger partial charge in [0.05, 0.1) is 16.2 Å². The van der Waals surface area contributed by atoms with Gasteiger partial charge in [-0.05, 0) is 12.1 Å². The summed E-state index contributed by atoms with van der Waals surface area (Å²) in [6.07, 6.45) is 1.27. The molecule has 1 aromatic carbocycles. The van der Waals surface area contributed by atoms with Gasteiger partial charge in [0, 0.05) is 0 Å². The summed E-state index contributed by atoms with van der Waals surface area (Å²) in [5.41, 5.74) is 5.09. The molecule has 0 aromatic heterocycles. The van der Waals surface area contributed by atoms with Crippen LogP contribution in [0.5, 0.6) is 0 Å². The molecular formula is C10H11NO3S. The highest BCUT2D eigenvalue weighted by Gasteiger charge is 2.18. The molecule has 0 saturated carbocycles. The summed E-state index contributed by atoms with van der Waals surface area (Å²) >= 11 is 0. The molecule has 0 radical (unpaired) electrons. The maximum Gasteiger partial charge on any atom is 0.250 e. The number of nitrogens with two attached hydrogens (primary N) is 1. The number of benzene rings is 1. The second-order valence-electron chi connectivity index (χ2n) is 2.93. The number of sulfone groups is 1. The fourth-order valence-corrected chi connectivity index (χ4v) is 2.47. The van der Waals surface area contributed by atoms with Crippen molar-refractivity contribution < 1.29 is 13.2 Å². The fraction of sp³-hybridized carbons (Fsp3) is 0.100. The van der Waals surface area contributed by atoms with E-state index >= 15 is 0 Å². The summed E-state index contributed by atoms with van der Waals surface area (Å²) in [5, 5.41) is 0. The van der Waals surface area contributed by atoms with Gasteiger partial charge >= 0.3 is 0 Å². The molecule has 1 amide bonds. The zero-order chi connectivity index (χ0) is 11.5. The van der Waals surface area contributed by atoms with Crippen LogP contribution in [0.4, 0.5) is 0 Å². The number of hydrogen-bond donors (Lipinski definition) is 1. The van der Waals surface area contributed by atoms with E-state index in [1.54, 1.807) is 12.1 Å². The first-order chi connectivity index (χ1) is 6.99. The minimum absolute atomic E-state index is 0.0133. The monoisotopic (exact) mass is 225 g/mol. The SMILES string of the molecule is C=CCS(=O)(=O)c1ccccc1C(N)=O. The molecule has 0 bridgehead atoms. The second kappa shape index (κ2) is 4.27. The molecule has 0 aliphatic heterocycles. The van der Waals surface area contributed by atoms with Crippen LogP contribution >= 0.6 is 0 Å². The van der Waals surface area contributed by atoms with Gasteiger partial charge in [0.2, 0.25) is 5.91 Å². The lowest BCUT2D eigenvalue weighted by molar-refractivity contribution is 0.0997. The molecule has 0 aliphatic rings. The number of hydrogen-bond acceptors (Lipinski definition) is 3. The largest absolute Gasteiger partial charge is 0.366 e. The highest BCUT2D eigenvalue weighted by Crippen LogP contribution is 2.16. The van der Waals surface area contributed by atoms with Crippen LogP contribution in [0.25, 0.3) is 0 Å². The van der Waals surface area contributed by atoms with Crippen LogP contribution in [0.1, 0.15) is 10.4 Å².